The van der Waals surface area contributed by atoms with Crippen LogP contribution < -0.4 is 5.73 Å². The van der Waals surface area contributed by atoms with Gasteiger partial charge in [0.2, 0.25) is 0 Å². The van der Waals surface area contributed by atoms with E-state index in [9.17, 15) is 0 Å². The highest BCUT2D eigenvalue weighted by molar-refractivity contribution is 6.67. The Hall–Kier alpha value is 0.0969. The second-order valence-electron chi connectivity index (χ2n) is 3.67. The Balaban J connectivity index is 3.94. The minimum absolute atomic E-state index is 0.770. The van der Waals surface area contributed by atoms with E-state index in [2.05, 4.69) is 6.92 Å². The first kappa shape index (κ1) is 14.1. The number of rotatable bonds is 9. The summed E-state index contributed by atoms with van der Waals surface area (Å²) in [7, 11) is 1.71. The molecule has 0 heterocycles. The number of hydrogen-bond donors (Lipinski definition) is 1. The van der Waals surface area contributed by atoms with Crippen molar-refractivity contribution in [2.75, 3.05) is 20.8 Å². The van der Waals surface area contributed by atoms with Gasteiger partial charge in [-0.2, -0.15) is 0 Å². The van der Waals surface area contributed by atoms with Gasteiger partial charge in [0, 0.05) is 14.2 Å². The van der Waals surface area contributed by atoms with E-state index >= 15 is 0 Å². The predicted molar refractivity (Wildman–Crippen MR) is 62.6 cm³/mol. The Morgan fingerprint density at radius 2 is 1.57 bits per heavy atom. The molecule has 0 aromatic heterocycles. The van der Waals surface area contributed by atoms with Crippen molar-refractivity contribution in [3.05, 3.63) is 0 Å². The summed E-state index contributed by atoms with van der Waals surface area (Å²) in [4.78, 5) is 0. The fraction of sp³-hybridized carbons (Fsp3) is 1.00. The standard InChI is InChI=1S/C10H25NO2Si/c1-4-5-9-14(12-2,13-3)10-7-6-8-11/h4-11H2,1-3H3. The van der Waals surface area contributed by atoms with Crippen LogP contribution in [0.2, 0.25) is 12.1 Å². The third-order valence-electron chi connectivity index (χ3n) is 2.67. The average Bonchev–Trinajstić information content (AvgIpc) is 2.24. The fourth-order valence-corrected chi connectivity index (χ4v) is 4.52. The maximum atomic E-state index is 5.61. The van der Waals surface area contributed by atoms with Crippen molar-refractivity contribution < 1.29 is 8.85 Å². The Morgan fingerprint density at radius 3 is 2.00 bits per heavy atom. The van der Waals surface area contributed by atoms with Gasteiger partial charge in [-0.05, 0) is 25.1 Å². The lowest BCUT2D eigenvalue weighted by atomic mass is 10.3. The van der Waals surface area contributed by atoms with Crippen LogP contribution in [0.1, 0.15) is 32.6 Å². The Morgan fingerprint density at radius 1 is 1.00 bits per heavy atom. The van der Waals surface area contributed by atoms with Crippen LogP contribution in [0.5, 0.6) is 0 Å². The van der Waals surface area contributed by atoms with Crippen LogP contribution in [0.25, 0.3) is 0 Å². The predicted octanol–water partition coefficient (Wildman–Crippen LogP) is 2.26. The van der Waals surface area contributed by atoms with E-state index in [-0.39, 0.29) is 0 Å². The third kappa shape index (κ3) is 5.10. The molecule has 0 radical (unpaired) electrons. The number of nitrogens with two attached hydrogens (primary N) is 1. The molecular formula is C10H25NO2Si. The highest BCUT2D eigenvalue weighted by Crippen LogP contribution is 2.22. The summed E-state index contributed by atoms with van der Waals surface area (Å²) in [5, 5.41) is 0. The molecule has 0 saturated carbocycles. The van der Waals surface area contributed by atoms with Crippen LogP contribution in [0.4, 0.5) is 0 Å². The van der Waals surface area contributed by atoms with Gasteiger partial charge in [-0.15, -0.1) is 0 Å². The van der Waals surface area contributed by atoms with E-state index in [1.54, 1.807) is 14.2 Å². The van der Waals surface area contributed by atoms with E-state index in [1.165, 1.54) is 12.8 Å². The SMILES string of the molecule is CCCC[Si](CCCCN)(OC)OC. The van der Waals surface area contributed by atoms with Gasteiger partial charge in [-0.1, -0.05) is 26.2 Å². The van der Waals surface area contributed by atoms with Crippen molar-refractivity contribution in [3.8, 4) is 0 Å². The van der Waals surface area contributed by atoms with Crippen molar-refractivity contribution in [2.24, 2.45) is 5.73 Å². The molecule has 3 nitrogen and oxygen atoms in total. The molecule has 0 aliphatic rings. The smallest absolute Gasteiger partial charge is 0.337 e. The minimum Gasteiger partial charge on any atom is -0.398 e. The molecule has 0 aliphatic heterocycles. The van der Waals surface area contributed by atoms with Gasteiger partial charge in [-0.3, -0.25) is 0 Å². The highest BCUT2D eigenvalue weighted by Gasteiger charge is 2.33. The van der Waals surface area contributed by atoms with Gasteiger partial charge in [0.15, 0.2) is 0 Å². The van der Waals surface area contributed by atoms with Crippen LogP contribution >= 0.6 is 0 Å². The minimum atomic E-state index is -1.86. The quantitative estimate of drug-likeness (QED) is 0.478. The molecule has 0 aromatic carbocycles. The van der Waals surface area contributed by atoms with Gasteiger partial charge in [0.25, 0.3) is 0 Å². The highest BCUT2D eigenvalue weighted by atomic mass is 28.4. The molecule has 0 unspecified atom stereocenters. The summed E-state index contributed by atoms with van der Waals surface area (Å²) >= 11 is 0. The third-order valence-corrected chi connectivity index (χ3v) is 6.39. The molecular weight excluding hydrogens is 194 g/mol. The first-order chi connectivity index (χ1) is 6.74. The van der Waals surface area contributed by atoms with Crippen LogP contribution in [-0.2, 0) is 8.85 Å². The van der Waals surface area contributed by atoms with Gasteiger partial charge >= 0.3 is 8.56 Å². The van der Waals surface area contributed by atoms with E-state index < -0.39 is 8.56 Å². The summed E-state index contributed by atoms with van der Waals surface area (Å²) in [5.41, 5.74) is 5.47. The lowest BCUT2D eigenvalue weighted by Gasteiger charge is -2.27. The monoisotopic (exact) mass is 219 g/mol. The maximum Gasteiger partial charge on any atom is 0.337 e. The van der Waals surface area contributed by atoms with Crippen LogP contribution in [0, 0.1) is 0 Å². The normalized spacial score (nSPS) is 12.0. The van der Waals surface area contributed by atoms with Crippen molar-refractivity contribution in [3.63, 3.8) is 0 Å². The summed E-state index contributed by atoms with van der Waals surface area (Å²) in [6, 6.07) is 2.19. The van der Waals surface area contributed by atoms with E-state index in [0.717, 1.165) is 31.5 Å². The molecule has 0 spiro atoms. The van der Waals surface area contributed by atoms with Crippen LogP contribution in [-0.4, -0.2) is 29.3 Å². The molecule has 4 heteroatoms. The molecule has 0 rings (SSSR count). The summed E-state index contributed by atoms with van der Waals surface area (Å²) in [6.07, 6.45) is 4.62. The lowest BCUT2D eigenvalue weighted by Crippen LogP contribution is -2.39. The Bertz CT molecular complexity index is 129. The van der Waals surface area contributed by atoms with Crippen LogP contribution in [0.15, 0.2) is 0 Å². The summed E-state index contributed by atoms with van der Waals surface area (Å²) < 4.78 is 11.2. The fourth-order valence-electron chi connectivity index (χ4n) is 1.60. The maximum absolute atomic E-state index is 5.61. The Kier molecular flexibility index (Phi) is 8.47. The summed E-state index contributed by atoms with van der Waals surface area (Å²) in [5.74, 6) is 0. The topological polar surface area (TPSA) is 44.5 Å². The summed E-state index contributed by atoms with van der Waals surface area (Å²) in [6.45, 7) is 2.97. The zero-order valence-electron chi connectivity index (χ0n) is 9.84. The zero-order chi connectivity index (χ0) is 10.9. The van der Waals surface area contributed by atoms with Gasteiger partial charge in [-0.25, -0.2) is 0 Å². The largest absolute Gasteiger partial charge is 0.398 e. The zero-order valence-corrected chi connectivity index (χ0v) is 10.8. The van der Waals surface area contributed by atoms with E-state index in [1.807, 2.05) is 0 Å². The van der Waals surface area contributed by atoms with E-state index in [4.69, 9.17) is 14.6 Å². The molecule has 0 saturated heterocycles. The molecule has 0 bridgehead atoms. The van der Waals surface area contributed by atoms with Gasteiger partial charge in [0.1, 0.15) is 0 Å². The number of hydrogen-bond acceptors (Lipinski definition) is 3. The molecule has 0 aliphatic carbocycles. The molecule has 86 valence electrons. The Labute approximate surface area is 89.2 Å². The van der Waals surface area contributed by atoms with Crippen molar-refractivity contribution in [1.29, 1.82) is 0 Å². The van der Waals surface area contributed by atoms with Crippen molar-refractivity contribution >= 4 is 8.56 Å². The molecule has 14 heavy (non-hydrogen) atoms. The first-order valence-corrected chi connectivity index (χ1v) is 7.78. The van der Waals surface area contributed by atoms with Gasteiger partial charge < -0.3 is 14.6 Å². The molecule has 2 N–H and O–H groups in total. The van der Waals surface area contributed by atoms with Crippen LogP contribution in [0.3, 0.4) is 0 Å². The van der Waals surface area contributed by atoms with Gasteiger partial charge in [0.05, 0.1) is 0 Å². The van der Waals surface area contributed by atoms with E-state index in [0.29, 0.717) is 0 Å². The average molecular weight is 219 g/mol. The van der Waals surface area contributed by atoms with Crippen molar-refractivity contribution in [2.45, 2.75) is 44.7 Å². The molecule has 0 fully saturated rings. The second-order valence-corrected chi connectivity index (χ2v) is 7.31. The number of unbranched alkanes of at least 4 members (excludes halogenated alkanes) is 2. The molecule has 0 amide bonds. The van der Waals surface area contributed by atoms with Crippen molar-refractivity contribution in [1.82, 2.24) is 0 Å². The lowest BCUT2D eigenvalue weighted by molar-refractivity contribution is 0.239. The molecule has 0 atom stereocenters. The first-order valence-electron chi connectivity index (χ1n) is 5.55. The second kappa shape index (κ2) is 8.41. The molecule has 0 aromatic rings.